The van der Waals surface area contributed by atoms with Gasteiger partial charge in [0.05, 0.1) is 6.61 Å². The van der Waals surface area contributed by atoms with Crippen LogP contribution in [-0.2, 0) is 14.9 Å². The molecule has 1 aliphatic heterocycles. The van der Waals surface area contributed by atoms with Gasteiger partial charge in [0.25, 0.3) is 0 Å². The fourth-order valence-electron chi connectivity index (χ4n) is 1.86. The first-order valence-corrected chi connectivity index (χ1v) is 6.29. The van der Waals surface area contributed by atoms with Gasteiger partial charge >= 0.3 is 5.97 Å². The lowest BCUT2D eigenvalue weighted by molar-refractivity contribution is -0.137. The average molecular weight is 262 g/mol. The fourth-order valence-corrected chi connectivity index (χ4v) is 1.86. The van der Waals surface area contributed by atoms with E-state index >= 15 is 0 Å². The molecule has 0 aromatic heterocycles. The Morgan fingerprint density at radius 2 is 2.11 bits per heavy atom. The number of fused-ring (bicyclic) bond motifs is 1. The zero-order valence-electron chi connectivity index (χ0n) is 11.4. The molecule has 0 atom stereocenters. The summed E-state index contributed by atoms with van der Waals surface area (Å²) < 4.78 is 15.5. The highest BCUT2D eigenvalue weighted by Gasteiger charge is 2.21. The highest BCUT2D eigenvalue weighted by Crippen LogP contribution is 2.36. The van der Waals surface area contributed by atoms with Crippen molar-refractivity contribution in [1.82, 2.24) is 0 Å². The summed E-state index contributed by atoms with van der Waals surface area (Å²) in [5, 5.41) is 0. The van der Waals surface area contributed by atoms with Crippen LogP contribution in [0.4, 0.5) is 0 Å². The molecular weight excluding hydrogens is 244 g/mol. The van der Waals surface area contributed by atoms with Gasteiger partial charge in [-0.2, -0.15) is 0 Å². The van der Waals surface area contributed by atoms with Crippen LogP contribution in [0.15, 0.2) is 30.4 Å². The van der Waals surface area contributed by atoms with E-state index in [0.29, 0.717) is 6.61 Å². The van der Waals surface area contributed by atoms with Crippen molar-refractivity contribution in [3.8, 4) is 11.5 Å². The Morgan fingerprint density at radius 1 is 1.37 bits per heavy atom. The Kier molecular flexibility index (Phi) is 3.79. The molecule has 0 fully saturated rings. The largest absolute Gasteiger partial charge is 0.463 e. The molecular formula is C15H18O4. The van der Waals surface area contributed by atoms with Crippen molar-refractivity contribution in [3.05, 3.63) is 35.9 Å². The Labute approximate surface area is 113 Å². The van der Waals surface area contributed by atoms with E-state index < -0.39 is 0 Å². The second-order valence-corrected chi connectivity index (χ2v) is 4.88. The number of ether oxygens (including phenoxy) is 3. The molecule has 1 aliphatic rings. The molecule has 1 aromatic carbocycles. The van der Waals surface area contributed by atoms with E-state index in [-0.39, 0.29) is 18.2 Å². The maximum atomic E-state index is 11.4. The highest BCUT2D eigenvalue weighted by atomic mass is 16.7. The van der Waals surface area contributed by atoms with Crippen LogP contribution in [0.2, 0.25) is 0 Å². The summed E-state index contributed by atoms with van der Waals surface area (Å²) >= 11 is 0. The van der Waals surface area contributed by atoms with Crippen LogP contribution in [0.3, 0.4) is 0 Å². The SMILES string of the molecule is CCOC(=O)C=CC(C)(C)c1ccc2c(c1)OCO2. The Morgan fingerprint density at radius 3 is 2.84 bits per heavy atom. The van der Waals surface area contributed by atoms with Crippen molar-refractivity contribution in [2.45, 2.75) is 26.2 Å². The van der Waals surface area contributed by atoms with Crippen LogP contribution in [0, 0.1) is 0 Å². The highest BCUT2D eigenvalue weighted by molar-refractivity contribution is 5.82. The zero-order valence-corrected chi connectivity index (χ0v) is 11.4. The normalized spacial score (nSPS) is 13.8. The van der Waals surface area contributed by atoms with E-state index in [2.05, 4.69) is 0 Å². The summed E-state index contributed by atoms with van der Waals surface area (Å²) in [6.45, 7) is 6.49. The maximum absolute atomic E-state index is 11.4. The van der Waals surface area contributed by atoms with Crippen LogP contribution in [0.5, 0.6) is 11.5 Å². The molecule has 0 saturated carbocycles. The van der Waals surface area contributed by atoms with Crippen LogP contribution in [0.1, 0.15) is 26.3 Å². The standard InChI is InChI=1S/C15H18O4/c1-4-17-14(16)7-8-15(2,3)11-5-6-12-13(9-11)19-10-18-12/h5-9H,4,10H2,1-3H3. The monoisotopic (exact) mass is 262 g/mol. The van der Waals surface area contributed by atoms with Gasteiger partial charge in [-0.3, -0.25) is 0 Å². The molecule has 0 N–H and O–H groups in total. The number of carbonyl (C=O) groups is 1. The van der Waals surface area contributed by atoms with E-state index in [1.165, 1.54) is 6.08 Å². The minimum atomic E-state index is -0.323. The first kappa shape index (κ1) is 13.5. The Hall–Kier alpha value is -1.97. The third kappa shape index (κ3) is 3.08. The fraction of sp³-hybridized carbons (Fsp3) is 0.400. The molecule has 0 radical (unpaired) electrons. The average Bonchev–Trinajstić information content (AvgIpc) is 2.84. The predicted octanol–water partition coefficient (Wildman–Crippen LogP) is 2.81. The topological polar surface area (TPSA) is 44.8 Å². The molecule has 4 heteroatoms. The van der Waals surface area contributed by atoms with Gasteiger partial charge in [0, 0.05) is 11.5 Å². The molecule has 1 aromatic rings. The number of hydrogen-bond acceptors (Lipinski definition) is 4. The van der Waals surface area contributed by atoms with E-state index in [4.69, 9.17) is 14.2 Å². The third-order valence-electron chi connectivity index (χ3n) is 3.04. The lowest BCUT2D eigenvalue weighted by atomic mass is 9.84. The van der Waals surface area contributed by atoms with Gasteiger partial charge in [-0.05, 0) is 24.6 Å². The molecule has 0 aliphatic carbocycles. The number of allylic oxidation sites excluding steroid dienone is 1. The van der Waals surface area contributed by atoms with Crippen molar-refractivity contribution < 1.29 is 19.0 Å². The van der Waals surface area contributed by atoms with Crippen LogP contribution in [-0.4, -0.2) is 19.4 Å². The summed E-state index contributed by atoms with van der Waals surface area (Å²) in [5.41, 5.74) is 0.769. The first-order valence-electron chi connectivity index (χ1n) is 6.29. The van der Waals surface area contributed by atoms with Crippen molar-refractivity contribution in [3.63, 3.8) is 0 Å². The van der Waals surface area contributed by atoms with Gasteiger partial charge in [0.15, 0.2) is 11.5 Å². The molecule has 0 spiro atoms. The molecule has 19 heavy (non-hydrogen) atoms. The molecule has 0 amide bonds. The number of hydrogen-bond donors (Lipinski definition) is 0. The van der Waals surface area contributed by atoms with Crippen LogP contribution in [0.25, 0.3) is 0 Å². The minimum absolute atomic E-state index is 0.262. The summed E-state index contributed by atoms with van der Waals surface area (Å²) in [6, 6.07) is 5.80. The number of rotatable bonds is 4. The van der Waals surface area contributed by atoms with Gasteiger partial charge in [-0.15, -0.1) is 0 Å². The second-order valence-electron chi connectivity index (χ2n) is 4.88. The van der Waals surface area contributed by atoms with Crippen molar-refractivity contribution in [2.24, 2.45) is 0 Å². The molecule has 102 valence electrons. The third-order valence-corrected chi connectivity index (χ3v) is 3.04. The molecule has 0 unspecified atom stereocenters. The summed E-state index contributed by atoms with van der Waals surface area (Å²) in [7, 11) is 0. The van der Waals surface area contributed by atoms with E-state index in [9.17, 15) is 4.79 Å². The van der Waals surface area contributed by atoms with Crippen LogP contribution < -0.4 is 9.47 Å². The Bertz CT molecular complexity index is 503. The Balaban J connectivity index is 2.17. The molecule has 4 nitrogen and oxygen atoms in total. The maximum Gasteiger partial charge on any atom is 0.330 e. The van der Waals surface area contributed by atoms with Gasteiger partial charge in [-0.25, -0.2) is 4.79 Å². The summed E-state index contributed by atoms with van der Waals surface area (Å²) in [6.07, 6.45) is 3.30. The molecule has 1 heterocycles. The quantitative estimate of drug-likeness (QED) is 0.618. The van der Waals surface area contributed by atoms with E-state index in [0.717, 1.165) is 17.1 Å². The van der Waals surface area contributed by atoms with E-state index in [1.807, 2.05) is 38.1 Å². The molecule has 0 saturated heterocycles. The van der Waals surface area contributed by atoms with Crippen molar-refractivity contribution in [2.75, 3.05) is 13.4 Å². The lowest BCUT2D eigenvalue weighted by Gasteiger charge is -2.21. The summed E-state index contributed by atoms with van der Waals surface area (Å²) in [4.78, 5) is 11.4. The second kappa shape index (κ2) is 5.34. The minimum Gasteiger partial charge on any atom is -0.463 e. The van der Waals surface area contributed by atoms with Crippen LogP contribution >= 0.6 is 0 Å². The number of benzene rings is 1. The van der Waals surface area contributed by atoms with Gasteiger partial charge in [0.1, 0.15) is 0 Å². The molecule has 2 rings (SSSR count). The van der Waals surface area contributed by atoms with E-state index in [1.54, 1.807) is 6.92 Å². The lowest BCUT2D eigenvalue weighted by Crippen LogP contribution is -2.14. The van der Waals surface area contributed by atoms with Crippen molar-refractivity contribution >= 4 is 5.97 Å². The molecule has 0 bridgehead atoms. The predicted molar refractivity (Wildman–Crippen MR) is 71.4 cm³/mol. The summed E-state index contributed by atoms with van der Waals surface area (Å²) in [5.74, 6) is 1.18. The van der Waals surface area contributed by atoms with Gasteiger partial charge in [0.2, 0.25) is 6.79 Å². The zero-order chi connectivity index (χ0) is 13.9. The van der Waals surface area contributed by atoms with Gasteiger partial charge in [-0.1, -0.05) is 26.0 Å². The van der Waals surface area contributed by atoms with Gasteiger partial charge < -0.3 is 14.2 Å². The number of esters is 1. The van der Waals surface area contributed by atoms with Crippen molar-refractivity contribution in [1.29, 1.82) is 0 Å². The first-order chi connectivity index (χ1) is 9.03. The smallest absolute Gasteiger partial charge is 0.330 e. The number of carbonyl (C=O) groups excluding carboxylic acids is 1.